The average molecular weight is 268 g/mol. The molecule has 0 amide bonds. The number of rotatable bonds is 6. The molecule has 0 bridgehead atoms. The fourth-order valence-electron chi connectivity index (χ4n) is 1.54. The quantitative estimate of drug-likeness (QED) is 0.560. The molecule has 0 saturated heterocycles. The average Bonchev–Trinajstić information content (AvgIpc) is 2.32. The first-order valence-electron chi connectivity index (χ1n) is 5.97. The normalized spacial score (nSPS) is 10.2. The monoisotopic (exact) mass is 268 g/mol. The van der Waals surface area contributed by atoms with Gasteiger partial charge in [0.15, 0.2) is 5.78 Å². The van der Waals surface area contributed by atoms with Crippen molar-refractivity contribution in [3.63, 3.8) is 0 Å². The van der Waals surface area contributed by atoms with Gasteiger partial charge in [-0.15, -0.1) is 0 Å². The molecule has 0 aliphatic carbocycles. The molecule has 0 radical (unpaired) electrons. The second kappa shape index (κ2) is 6.67. The number of carbonyl (C=O) groups excluding carboxylic acids is 2. The number of hydrogen-bond acceptors (Lipinski definition) is 5. The Morgan fingerprint density at radius 1 is 1.32 bits per heavy atom. The van der Waals surface area contributed by atoms with Gasteiger partial charge in [0.1, 0.15) is 6.42 Å². The molecule has 7 heteroatoms. The van der Waals surface area contributed by atoms with Crippen molar-refractivity contribution in [2.75, 3.05) is 6.61 Å². The number of carbonyl (C=O) groups is 2. The first kappa shape index (κ1) is 14.9. The highest BCUT2D eigenvalue weighted by atomic mass is 16.5. The molecule has 0 fully saturated rings. The molecule has 0 spiro atoms. The number of nitrogens with zero attached hydrogens (tertiary/aromatic N) is 1. The minimum atomic E-state index is -0.667. The fourth-order valence-corrected chi connectivity index (χ4v) is 1.54. The Kier molecular flexibility index (Phi) is 5.23. The van der Waals surface area contributed by atoms with Gasteiger partial charge in [-0.2, -0.15) is 0 Å². The van der Waals surface area contributed by atoms with Gasteiger partial charge in [-0.25, -0.2) is 4.79 Å². The number of ketones is 1. The number of hydrogen-bond donors (Lipinski definition) is 1. The van der Waals surface area contributed by atoms with Crippen LogP contribution in [0.15, 0.2) is 15.8 Å². The standard InChI is InChI=1S/C12H16N2O5/c1-3-8-6-14(12(18)13-11(8)17)7-9(15)5-10(16)19-4-2/h6H,3-5,7H2,1-2H3,(H,13,17,18). The van der Waals surface area contributed by atoms with Crippen LogP contribution in [0.5, 0.6) is 0 Å². The molecule has 0 saturated carbocycles. The molecule has 1 aromatic rings. The third-order valence-corrected chi connectivity index (χ3v) is 2.46. The highest BCUT2D eigenvalue weighted by molar-refractivity contribution is 5.95. The Morgan fingerprint density at radius 3 is 2.58 bits per heavy atom. The zero-order valence-corrected chi connectivity index (χ0v) is 10.9. The molecular weight excluding hydrogens is 252 g/mol. The van der Waals surface area contributed by atoms with Gasteiger partial charge in [0, 0.05) is 11.8 Å². The number of H-pyrrole nitrogens is 1. The van der Waals surface area contributed by atoms with Crippen molar-refractivity contribution in [1.29, 1.82) is 0 Å². The third-order valence-electron chi connectivity index (χ3n) is 2.46. The molecular formula is C12H16N2O5. The van der Waals surface area contributed by atoms with E-state index in [1.165, 1.54) is 6.20 Å². The molecule has 0 atom stereocenters. The van der Waals surface area contributed by atoms with Gasteiger partial charge >= 0.3 is 11.7 Å². The molecule has 1 heterocycles. The number of aromatic nitrogens is 2. The van der Waals surface area contributed by atoms with Gasteiger partial charge in [0.05, 0.1) is 13.2 Å². The third kappa shape index (κ3) is 4.20. The summed E-state index contributed by atoms with van der Waals surface area (Å²) >= 11 is 0. The first-order chi connectivity index (χ1) is 8.97. The van der Waals surface area contributed by atoms with E-state index in [4.69, 9.17) is 0 Å². The molecule has 1 aromatic heterocycles. The van der Waals surface area contributed by atoms with Crippen molar-refractivity contribution in [3.8, 4) is 0 Å². The SMILES string of the molecule is CCOC(=O)CC(=O)Cn1cc(CC)c(=O)[nH]c1=O. The van der Waals surface area contributed by atoms with Crippen molar-refractivity contribution in [3.05, 3.63) is 32.6 Å². The Balaban J connectivity index is 2.82. The minimum Gasteiger partial charge on any atom is -0.466 e. The summed E-state index contributed by atoms with van der Waals surface area (Å²) in [6, 6.07) is 0. The molecule has 0 aromatic carbocycles. The second-order valence-electron chi connectivity index (χ2n) is 3.92. The van der Waals surface area contributed by atoms with Gasteiger partial charge < -0.3 is 4.74 Å². The fraction of sp³-hybridized carbons (Fsp3) is 0.500. The van der Waals surface area contributed by atoms with Gasteiger partial charge in [-0.3, -0.25) is 23.9 Å². The van der Waals surface area contributed by atoms with Crippen molar-refractivity contribution in [2.24, 2.45) is 0 Å². The van der Waals surface area contributed by atoms with Crippen molar-refractivity contribution in [2.45, 2.75) is 33.2 Å². The minimum absolute atomic E-state index is 0.199. The lowest BCUT2D eigenvalue weighted by Crippen LogP contribution is -2.33. The zero-order chi connectivity index (χ0) is 14.4. The van der Waals surface area contributed by atoms with E-state index < -0.39 is 23.0 Å². The van der Waals surface area contributed by atoms with Crippen LogP contribution in [0.25, 0.3) is 0 Å². The van der Waals surface area contributed by atoms with Crippen molar-refractivity contribution < 1.29 is 14.3 Å². The van der Waals surface area contributed by atoms with Gasteiger partial charge in [0.25, 0.3) is 5.56 Å². The molecule has 0 aliphatic heterocycles. The number of nitrogens with one attached hydrogen (secondary N) is 1. The second-order valence-corrected chi connectivity index (χ2v) is 3.92. The summed E-state index contributed by atoms with van der Waals surface area (Å²) in [5.41, 5.74) is -0.718. The molecule has 1 rings (SSSR count). The van der Waals surface area contributed by atoms with Crippen molar-refractivity contribution in [1.82, 2.24) is 9.55 Å². The maximum Gasteiger partial charge on any atom is 0.328 e. The summed E-state index contributed by atoms with van der Waals surface area (Å²) in [5.74, 6) is -1.07. The summed E-state index contributed by atoms with van der Waals surface area (Å²) in [7, 11) is 0. The lowest BCUT2D eigenvalue weighted by Gasteiger charge is -2.06. The van der Waals surface area contributed by atoms with Crippen LogP contribution in [-0.2, 0) is 27.3 Å². The van der Waals surface area contributed by atoms with E-state index in [0.717, 1.165) is 4.57 Å². The zero-order valence-electron chi connectivity index (χ0n) is 10.9. The van der Waals surface area contributed by atoms with E-state index in [-0.39, 0.29) is 19.6 Å². The topological polar surface area (TPSA) is 98.2 Å². The number of aromatic amines is 1. The predicted octanol–water partition coefficient (Wildman–Crippen LogP) is -0.379. The van der Waals surface area contributed by atoms with Crippen LogP contribution in [0, 0.1) is 0 Å². The Labute approximate surface area is 109 Å². The summed E-state index contributed by atoms with van der Waals surface area (Å²) in [5, 5.41) is 0. The lowest BCUT2D eigenvalue weighted by molar-refractivity contribution is -0.145. The number of aryl methyl sites for hydroxylation is 1. The Hall–Kier alpha value is -2.18. The van der Waals surface area contributed by atoms with Crippen molar-refractivity contribution >= 4 is 11.8 Å². The number of ether oxygens (including phenoxy) is 1. The van der Waals surface area contributed by atoms with Crippen LogP contribution in [0.2, 0.25) is 0 Å². The smallest absolute Gasteiger partial charge is 0.328 e. The van der Waals surface area contributed by atoms with Crippen LogP contribution in [0.1, 0.15) is 25.8 Å². The molecule has 104 valence electrons. The number of esters is 1. The largest absolute Gasteiger partial charge is 0.466 e. The predicted molar refractivity (Wildman–Crippen MR) is 67.0 cm³/mol. The Morgan fingerprint density at radius 2 is 2.00 bits per heavy atom. The summed E-state index contributed by atoms with van der Waals surface area (Å²) in [6.07, 6.45) is 1.40. The highest BCUT2D eigenvalue weighted by Crippen LogP contribution is 1.94. The van der Waals surface area contributed by atoms with Crippen LogP contribution in [0.3, 0.4) is 0 Å². The van der Waals surface area contributed by atoms with E-state index in [9.17, 15) is 19.2 Å². The highest BCUT2D eigenvalue weighted by Gasteiger charge is 2.12. The molecule has 19 heavy (non-hydrogen) atoms. The lowest BCUT2D eigenvalue weighted by atomic mass is 10.2. The Bertz CT molecular complexity index is 585. The van der Waals surface area contributed by atoms with E-state index in [1.54, 1.807) is 13.8 Å². The maximum atomic E-state index is 11.6. The molecule has 7 nitrogen and oxygen atoms in total. The first-order valence-corrected chi connectivity index (χ1v) is 5.97. The van der Waals surface area contributed by atoms with Gasteiger partial charge in [-0.1, -0.05) is 6.92 Å². The summed E-state index contributed by atoms with van der Waals surface area (Å²) in [6.45, 7) is 3.34. The summed E-state index contributed by atoms with van der Waals surface area (Å²) < 4.78 is 5.72. The van der Waals surface area contributed by atoms with E-state index in [2.05, 4.69) is 9.72 Å². The number of Topliss-reactive ketones (excluding diaryl/α,β-unsaturated/α-hetero) is 1. The van der Waals surface area contributed by atoms with E-state index in [0.29, 0.717) is 12.0 Å². The van der Waals surface area contributed by atoms with Gasteiger partial charge in [-0.05, 0) is 13.3 Å². The summed E-state index contributed by atoms with van der Waals surface area (Å²) in [4.78, 5) is 47.7. The molecule has 0 aliphatic rings. The maximum absolute atomic E-state index is 11.6. The van der Waals surface area contributed by atoms with E-state index in [1.807, 2.05) is 0 Å². The van der Waals surface area contributed by atoms with Gasteiger partial charge in [0.2, 0.25) is 0 Å². The molecule has 0 unspecified atom stereocenters. The van der Waals surface area contributed by atoms with Crippen LogP contribution < -0.4 is 11.2 Å². The molecule has 1 N–H and O–H groups in total. The van der Waals surface area contributed by atoms with Crippen LogP contribution >= 0.6 is 0 Å². The van der Waals surface area contributed by atoms with Crippen LogP contribution in [-0.4, -0.2) is 27.9 Å². The van der Waals surface area contributed by atoms with E-state index >= 15 is 0 Å². The van der Waals surface area contributed by atoms with Crippen LogP contribution in [0.4, 0.5) is 0 Å².